The van der Waals surface area contributed by atoms with Crippen LogP contribution in [0, 0.1) is 5.82 Å². The third-order valence-electron chi connectivity index (χ3n) is 4.25. The number of nitrogens with zero attached hydrogens (tertiary/aromatic N) is 1. The van der Waals surface area contributed by atoms with E-state index in [0.29, 0.717) is 11.1 Å². The Morgan fingerprint density at radius 2 is 1.96 bits per heavy atom. The van der Waals surface area contributed by atoms with Gasteiger partial charge in [-0.15, -0.1) is 0 Å². The van der Waals surface area contributed by atoms with Gasteiger partial charge in [0.2, 0.25) is 5.43 Å². The third-order valence-corrected chi connectivity index (χ3v) is 5.23. The molecule has 0 spiro atoms. The summed E-state index contributed by atoms with van der Waals surface area (Å²) in [6.45, 7) is 5.06. The van der Waals surface area contributed by atoms with E-state index in [1.165, 1.54) is 12.1 Å². The molecule has 1 aliphatic carbocycles. The van der Waals surface area contributed by atoms with E-state index in [4.69, 9.17) is 4.74 Å². The van der Waals surface area contributed by atoms with Crippen molar-refractivity contribution in [2.24, 2.45) is 0 Å². The van der Waals surface area contributed by atoms with Crippen molar-refractivity contribution in [3.05, 3.63) is 44.1 Å². The molecule has 0 amide bonds. The normalized spacial score (nSPS) is 14.9. The maximum atomic E-state index is 14.3. The molecule has 0 radical (unpaired) electrons. The lowest BCUT2D eigenvalue weighted by molar-refractivity contribution is 0.0550. The zero-order valence-corrected chi connectivity index (χ0v) is 15.3. The lowest BCUT2D eigenvalue weighted by Crippen LogP contribution is -2.31. The molecule has 1 fully saturated rings. The van der Waals surface area contributed by atoms with Gasteiger partial charge in [0.05, 0.1) is 10.9 Å². The van der Waals surface area contributed by atoms with Crippen LogP contribution in [-0.2, 0) is 4.74 Å². The molecule has 0 aliphatic heterocycles. The molecule has 1 N–H and O–H groups in total. The lowest BCUT2D eigenvalue weighted by Gasteiger charge is -2.18. The highest BCUT2D eigenvalue weighted by Gasteiger charge is 2.31. The van der Waals surface area contributed by atoms with Crippen molar-refractivity contribution < 1.29 is 13.9 Å². The zero-order chi connectivity index (χ0) is 18.8. The molecule has 3 aromatic rings. The molecule has 26 heavy (non-hydrogen) atoms. The molecule has 0 bridgehead atoms. The largest absolute Gasteiger partial charge is 0.443 e. The summed E-state index contributed by atoms with van der Waals surface area (Å²) in [5.74, 6) is -0.434. The Morgan fingerprint density at radius 3 is 2.58 bits per heavy atom. The number of ether oxygens (including phenoxy) is 1. The summed E-state index contributed by atoms with van der Waals surface area (Å²) >= 11 is 0.816. The number of H-pyrrole nitrogens is 1. The van der Waals surface area contributed by atoms with E-state index in [2.05, 4.69) is 4.98 Å². The molecule has 1 aliphatic rings. The van der Waals surface area contributed by atoms with Gasteiger partial charge in [-0.3, -0.25) is 9.59 Å². The fourth-order valence-corrected chi connectivity index (χ4v) is 3.94. The first-order valence-corrected chi connectivity index (χ1v) is 9.08. The molecular weight excluding hydrogens is 359 g/mol. The summed E-state index contributed by atoms with van der Waals surface area (Å²) in [5.41, 5.74) is -1.24. The minimum Gasteiger partial charge on any atom is -0.443 e. The summed E-state index contributed by atoms with van der Waals surface area (Å²) in [7, 11) is 0. The van der Waals surface area contributed by atoms with Crippen LogP contribution >= 0.6 is 11.5 Å². The number of hydrogen-bond acceptors (Lipinski definition) is 5. The number of aromatic amines is 1. The van der Waals surface area contributed by atoms with Gasteiger partial charge in [0.25, 0.3) is 5.56 Å². The average Bonchev–Trinajstić information content (AvgIpc) is 3.30. The van der Waals surface area contributed by atoms with Gasteiger partial charge in [0.1, 0.15) is 21.6 Å². The minimum atomic E-state index is -0.839. The summed E-state index contributed by atoms with van der Waals surface area (Å²) in [6, 6.07) is 2.81. The van der Waals surface area contributed by atoms with Crippen molar-refractivity contribution in [2.45, 2.75) is 45.1 Å². The first-order chi connectivity index (χ1) is 12.2. The van der Waals surface area contributed by atoms with Crippen LogP contribution in [0.1, 0.15) is 45.1 Å². The van der Waals surface area contributed by atoms with Crippen molar-refractivity contribution in [1.82, 2.24) is 8.94 Å². The van der Waals surface area contributed by atoms with Crippen LogP contribution < -0.4 is 11.0 Å². The number of aromatic nitrogens is 2. The van der Waals surface area contributed by atoms with E-state index in [1.807, 2.05) is 0 Å². The summed E-state index contributed by atoms with van der Waals surface area (Å²) in [5, 5.41) is 0.0621. The van der Waals surface area contributed by atoms with Crippen LogP contribution in [0.25, 0.3) is 21.1 Å². The topological polar surface area (TPSA) is 81.2 Å². The molecule has 4 rings (SSSR count). The van der Waals surface area contributed by atoms with Gasteiger partial charge in [0.15, 0.2) is 0 Å². The van der Waals surface area contributed by atoms with Gasteiger partial charge in [0, 0.05) is 5.56 Å². The predicted octanol–water partition coefficient (Wildman–Crippen LogP) is 3.70. The van der Waals surface area contributed by atoms with E-state index < -0.39 is 28.5 Å². The molecule has 6 nitrogen and oxygen atoms in total. The Hall–Kier alpha value is -2.48. The number of benzene rings is 1. The van der Waals surface area contributed by atoms with Gasteiger partial charge in [-0.1, -0.05) is 0 Å². The number of hydrogen-bond donors (Lipinski definition) is 1. The zero-order valence-electron chi connectivity index (χ0n) is 14.5. The lowest BCUT2D eigenvalue weighted by atomic mass is 10.0. The van der Waals surface area contributed by atoms with Gasteiger partial charge < -0.3 is 9.72 Å². The number of rotatable bonds is 1. The molecule has 1 aromatic carbocycles. The molecular formula is C18H17FN2O4S. The third kappa shape index (κ3) is 2.65. The highest BCUT2D eigenvalue weighted by molar-refractivity contribution is 7.14. The van der Waals surface area contributed by atoms with Crippen LogP contribution in [-0.4, -0.2) is 20.6 Å². The molecule has 2 aromatic heterocycles. The smallest absolute Gasteiger partial charge is 0.431 e. The number of carbonyl (C=O) groups excluding carboxylic acids is 1. The molecule has 1 saturated carbocycles. The van der Waals surface area contributed by atoms with Gasteiger partial charge in [-0.2, -0.15) is 3.96 Å². The van der Waals surface area contributed by atoms with E-state index in [-0.39, 0.29) is 21.5 Å². The van der Waals surface area contributed by atoms with E-state index in [9.17, 15) is 18.8 Å². The standard InChI is InChI=1S/C18H17FN2O4S/c1-18(2,3)25-17(24)21-16(23)13-14(22)12-10(20-15(13)26-21)7-6-9(19)11(12)8-4-5-8/h6-8H,4-5H2,1-3H3,(H,20,22). The van der Waals surface area contributed by atoms with Crippen molar-refractivity contribution in [3.63, 3.8) is 0 Å². The Labute approximate surface area is 151 Å². The molecule has 0 unspecified atom stereocenters. The Balaban J connectivity index is 2.01. The van der Waals surface area contributed by atoms with E-state index in [1.54, 1.807) is 20.8 Å². The van der Waals surface area contributed by atoms with Crippen molar-refractivity contribution >= 4 is 38.7 Å². The summed E-state index contributed by atoms with van der Waals surface area (Å²) in [4.78, 5) is 41.2. The van der Waals surface area contributed by atoms with E-state index in [0.717, 1.165) is 28.3 Å². The molecule has 2 heterocycles. The van der Waals surface area contributed by atoms with Crippen molar-refractivity contribution in [1.29, 1.82) is 0 Å². The van der Waals surface area contributed by atoms with Crippen LogP contribution in [0.2, 0.25) is 0 Å². The number of carbonyl (C=O) groups is 1. The first kappa shape index (κ1) is 17.0. The average molecular weight is 376 g/mol. The second-order valence-electron chi connectivity index (χ2n) is 7.49. The van der Waals surface area contributed by atoms with Crippen LogP contribution in [0.3, 0.4) is 0 Å². The van der Waals surface area contributed by atoms with E-state index >= 15 is 0 Å². The molecule has 0 atom stereocenters. The maximum Gasteiger partial charge on any atom is 0.431 e. The fourth-order valence-electron chi connectivity index (χ4n) is 3.05. The molecule has 136 valence electrons. The maximum absolute atomic E-state index is 14.3. The van der Waals surface area contributed by atoms with Crippen LogP contribution in [0.5, 0.6) is 0 Å². The fraction of sp³-hybridized carbons (Fsp3) is 0.389. The Bertz CT molecular complexity index is 1180. The monoisotopic (exact) mass is 376 g/mol. The molecule has 0 saturated heterocycles. The van der Waals surface area contributed by atoms with Crippen molar-refractivity contribution in [2.75, 3.05) is 0 Å². The second kappa shape index (κ2) is 5.51. The summed E-state index contributed by atoms with van der Waals surface area (Å²) in [6.07, 6.45) is 0.799. The number of halogens is 1. The van der Waals surface area contributed by atoms with Gasteiger partial charge in [-0.05, 0) is 63.2 Å². The number of pyridine rings is 1. The minimum absolute atomic E-state index is 0.00367. The summed E-state index contributed by atoms with van der Waals surface area (Å²) < 4.78 is 20.3. The van der Waals surface area contributed by atoms with Crippen LogP contribution in [0.4, 0.5) is 9.18 Å². The highest BCUT2D eigenvalue weighted by Crippen LogP contribution is 2.43. The second-order valence-corrected chi connectivity index (χ2v) is 8.44. The SMILES string of the molecule is CC(C)(C)OC(=O)n1sc2[nH]c3ccc(F)c(C4CC4)c3c(=O)c2c1=O. The van der Waals surface area contributed by atoms with Gasteiger partial charge >= 0.3 is 6.09 Å². The Kier molecular flexibility index (Phi) is 3.59. The van der Waals surface area contributed by atoms with Gasteiger partial charge in [-0.25, -0.2) is 9.18 Å². The number of nitrogens with one attached hydrogen (secondary N) is 1. The predicted molar refractivity (Wildman–Crippen MR) is 97.8 cm³/mol. The number of fused-ring (bicyclic) bond motifs is 2. The molecule has 8 heteroatoms. The van der Waals surface area contributed by atoms with Crippen LogP contribution in [0.15, 0.2) is 21.7 Å². The quantitative estimate of drug-likeness (QED) is 0.702. The highest BCUT2D eigenvalue weighted by atomic mass is 32.1. The first-order valence-electron chi connectivity index (χ1n) is 8.31. The van der Waals surface area contributed by atoms with Crippen molar-refractivity contribution in [3.8, 4) is 0 Å². The Morgan fingerprint density at radius 1 is 1.27 bits per heavy atom.